The average Bonchev–Trinajstić information content (AvgIpc) is 3.35. The molecular formula is C20H19N5OS. The number of aromatic nitrogens is 3. The third-order valence-electron chi connectivity index (χ3n) is 5.15. The first kappa shape index (κ1) is 16.5. The highest BCUT2D eigenvalue weighted by Crippen LogP contribution is 2.33. The van der Waals surface area contributed by atoms with E-state index in [0.717, 1.165) is 59.3 Å². The molecule has 1 amide bonds. The summed E-state index contributed by atoms with van der Waals surface area (Å²) in [5.74, 6) is 0.990. The summed E-state index contributed by atoms with van der Waals surface area (Å²) >= 11 is 1.59. The number of piperidine rings is 1. The number of amides is 1. The minimum Gasteiger partial charge on any atom is -0.317 e. The van der Waals surface area contributed by atoms with Crippen molar-refractivity contribution in [2.24, 2.45) is 10.9 Å². The number of benzene rings is 1. The lowest BCUT2D eigenvalue weighted by Gasteiger charge is -2.26. The van der Waals surface area contributed by atoms with Gasteiger partial charge in [-0.2, -0.15) is 10.1 Å². The van der Waals surface area contributed by atoms with Gasteiger partial charge in [0.1, 0.15) is 10.8 Å². The van der Waals surface area contributed by atoms with Gasteiger partial charge in [-0.05, 0) is 25.9 Å². The minimum absolute atomic E-state index is 0.0855. The zero-order chi connectivity index (χ0) is 18.2. The van der Waals surface area contributed by atoms with Crippen molar-refractivity contribution in [1.82, 2.24) is 20.1 Å². The van der Waals surface area contributed by atoms with E-state index < -0.39 is 0 Å². The Morgan fingerprint density at radius 1 is 1.15 bits per heavy atom. The lowest BCUT2D eigenvalue weighted by molar-refractivity contribution is -0.117. The smallest absolute Gasteiger partial charge is 0.253 e. The summed E-state index contributed by atoms with van der Waals surface area (Å²) in [6.45, 7) is 1.91. The molecule has 6 nitrogen and oxygen atoms in total. The van der Waals surface area contributed by atoms with Crippen LogP contribution in [0.5, 0.6) is 0 Å². The molecule has 4 heterocycles. The number of hydrogen-bond donors (Lipinski definition) is 1. The highest BCUT2D eigenvalue weighted by Gasteiger charge is 2.30. The predicted molar refractivity (Wildman–Crippen MR) is 106 cm³/mol. The highest BCUT2D eigenvalue weighted by atomic mass is 32.1. The molecule has 27 heavy (non-hydrogen) atoms. The number of fused-ring (bicyclic) bond motifs is 1. The van der Waals surface area contributed by atoms with Crippen LogP contribution in [0.2, 0.25) is 0 Å². The Balaban J connectivity index is 1.52. The van der Waals surface area contributed by atoms with E-state index in [4.69, 9.17) is 4.98 Å². The second-order valence-electron chi connectivity index (χ2n) is 6.89. The van der Waals surface area contributed by atoms with Crippen LogP contribution < -0.4 is 5.32 Å². The number of carbonyl (C=O) groups excluding carboxylic acids is 1. The fourth-order valence-electron chi connectivity index (χ4n) is 3.76. The number of hydrogen-bond acceptors (Lipinski definition) is 5. The zero-order valence-corrected chi connectivity index (χ0v) is 15.6. The summed E-state index contributed by atoms with van der Waals surface area (Å²) in [7, 11) is 0. The Morgan fingerprint density at radius 2 is 1.96 bits per heavy atom. The third-order valence-corrected chi connectivity index (χ3v) is 6.03. The molecule has 0 aliphatic carbocycles. The first-order valence-corrected chi connectivity index (χ1v) is 10.1. The summed E-state index contributed by atoms with van der Waals surface area (Å²) in [5.41, 5.74) is 3.90. The Morgan fingerprint density at radius 3 is 2.78 bits per heavy atom. The maximum Gasteiger partial charge on any atom is 0.253 e. The van der Waals surface area contributed by atoms with Gasteiger partial charge in [0.05, 0.1) is 29.6 Å². The molecule has 1 N–H and O–H groups in total. The van der Waals surface area contributed by atoms with E-state index in [0.29, 0.717) is 0 Å². The van der Waals surface area contributed by atoms with Crippen LogP contribution in [-0.2, 0) is 11.2 Å². The van der Waals surface area contributed by atoms with Gasteiger partial charge >= 0.3 is 0 Å². The van der Waals surface area contributed by atoms with Crippen molar-refractivity contribution >= 4 is 23.1 Å². The van der Waals surface area contributed by atoms with E-state index in [2.05, 4.69) is 32.9 Å². The Bertz CT molecular complexity index is 1010. The Labute approximate surface area is 161 Å². The first-order valence-electron chi connectivity index (χ1n) is 9.20. The van der Waals surface area contributed by atoms with Gasteiger partial charge in [0, 0.05) is 16.9 Å². The summed E-state index contributed by atoms with van der Waals surface area (Å²) in [6, 6.07) is 10.1. The van der Waals surface area contributed by atoms with Gasteiger partial charge in [0.15, 0.2) is 0 Å². The topological polar surface area (TPSA) is 72.2 Å². The van der Waals surface area contributed by atoms with Crippen molar-refractivity contribution in [1.29, 1.82) is 0 Å². The van der Waals surface area contributed by atoms with E-state index in [1.54, 1.807) is 11.3 Å². The molecule has 2 aliphatic rings. The second-order valence-corrected chi connectivity index (χ2v) is 7.74. The standard InChI is InChI=1S/C20H19N5OS/c26-18-10-17-15(20-23-16(12-27-20)13-4-2-1-3-5-13)11-22-25(17)19(24-18)14-6-8-21-9-7-14/h1-5,11-12,14,21H,6-10H2. The molecule has 2 aromatic heterocycles. The predicted octanol–water partition coefficient (Wildman–Crippen LogP) is 3.00. The number of thiazole rings is 1. The maximum atomic E-state index is 12.3. The number of rotatable bonds is 3. The van der Waals surface area contributed by atoms with Crippen LogP contribution in [0.4, 0.5) is 0 Å². The summed E-state index contributed by atoms with van der Waals surface area (Å²) < 4.78 is 1.89. The molecule has 3 aromatic rings. The fourth-order valence-corrected chi connectivity index (χ4v) is 4.62. The quantitative estimate of drug-likeness (QED) is 0.762. The van der Waals surface area contributed by atoms with Gasteiger partial charge in [-0.1, -0.05) is 30.3 Å². The highest BCUT2D eigenvalue weighted by molar-refractivity contribution is 7.13. The Hall–Kier alpha value is -2.64. The van der Waals surface area contributed by atoms with Crippen molar-refractivity contribution < 1.29 is 4.79 Å². The summed E-state index contributed by atoms with van der Waals surface area (Å²) in [5, 5.41) is 10.9. The van der Waals surface area contributed by atoms with Gasteiger partial charge in [0.2, 0.25) is 0 Å². The van der Waals surface area contributed by atoms with Crippen LogP contribution in [-0.4, -0.2) is 39.6 Å². The second kappa shape index (κ2) is 6.83. The number of carbonyl (C=O) groups is 1. The van der Waals surface area contributed by atoms with Crippen LogP contribution in [0.15, 0.2) is 46.9 Å². The molecule has 0 radical (unpaired) electrons. The molecule has 1 saturated heterocycles. The number of aliphatic imine (C=N–C) groups is 1. The molecule has 7 heteroatoms. The van der Waals surface area contributed by atoms with Crippen LogP contribution in [0.3, 0.4) is 0 Å². The third kappa shape index (κ3) is 3.02. The lowest BCUT2D eigenvalue weighted by atomic mass is 9.95. The van der Waals surface area contributed by atoms with E-state index in [-0.39, 0.29) is 18.2 Å². The van der Waals surface area contributed by atoms with E-state index in [1.165, 1.54) is 0 Å². The number of nitrogens with one attached hydrogen (secondary N) is 1. The molecule has 1 fully saturated rings. The van der Waals surface area contributed by atoms with Crippen molar-refractivity contribution in [3.8, 4) is 21.8 Å². The van der Waals surface area contributed by atoms with Crippen molar-refractivity contribution in [3.63, 3.8) is 0 Å². The van der Waals surface area contributed by atoms with Crippen LogP contribution in [0.1, 0.15) is 18.5 Å². The van der Waals surface area contributed by atoms with E-state index >= 15 is 0 Å². The summed E-state index contributed by atoms with van der Waals surface area (Å²) in [6.07, 6.45) is 4.08. The lowest BCUT2D eigenvalue weighted by Crippen LogP contribution is -2.38. The fraction of sp³-hybridized carbons (Fsp3) is 0.300. The zero-order valence-electron chi connectivity index (χ0n) is 14.8. The van der Waals surface area contributed by atoms with Crippen molar-refractivity contribution in [3.05, 3.63) is 47.6 Å². The van der Waals surface area contributed by atoms with Gasteiger partial charge in [-0.25, -0.2) is 9.67 Å². The van der Waals surface area contributed by atoms with Gasteiger partial charge in [-0.15, -0.1) is 11.3 Å². The Kier molecular flexibility index (Phi) is 4.18. The van der Waals surface area contributed by atoms with Gasteiger partial charge in [0.25, 0.3) is 5.91 Å². The molecule has 5 rings (SSSR count). The molecule has 2 aliphatic heterocycles. The first-order chi connectivity index (χ1) is 13.3. The summed E-state index contributed by atoms with van der Waals surface area (Å²) in [4.78, 5) is 21.5. The van der Waals surface area contributed by atoms with E-state index in [9.17, 15) is 4.79 Å². The van der Waals surface area contributed by atoms with E-state index in [1.807, 2.05) is 29.1 Å². The van der Waals surface area contributed by atoms with Crippen LogP contribution in [0.25, 0.3) is 21.8 Å². The molecule has 0 atom stereocenters. The molecule has 0 saturated carbocycles. The average molecular weight is 377 g/mol. The molecule has 0 unspecified atom stereocenters. The SMILES string of the molecule is O=C1Cc2c(-c3nc(-c4ccccc4)cs3)cnn2C(C2CCNCC2)=N1. The van der Waals surface area contributed by atoms with Gasteiger partial charge in [-0.3, -0.25) is 4.79 Å². The largest absolute Gasteiger partial charge is 0.317 e. The van der Waals surface area contributed by atoms with Crippen molar-refractivity contribution in [2.45, 2.75) is 19.3 Å². The molecule has 1 aromatic carbocycles. The minimum atomic E-state index is -0.0855. The molecular weight excluding hydrogens is 358 g/mol. The number of nitrogens with zero attached hydrogens (tertiary/aromatic N) is 4. The maximum absolute atomic E-state index is 12.3. The molecule has 136 valence electrons. The monoisotopic (exact) mass is 377 g/mol. The van der Waals surface area contributed by atoms with Crippen molar-refractivity contribution in [2.75, 3.05) is 13.1 Å². The van der Waals surface area contributed by atoms with Crippen LogP contribution in [0, 0.1) is 5.92 Å². The normalized spacial score (nSPS) is 17.6. The van der Waals surface area contributed by atoms with Gasteiger partial charge < -0.3 is 5.32 Å². The van der Waals surface area contributed by atoms with Crippen LogP contribution >= 0.6 is 11.3 Å². The molecule has 0 bridgehead atoms. The molecule has 0 spiro atoms.